The normalized spacial score (nSPS) is 19.5. The van der Waals surface area contributed by atoms with Gasteiger partial charge < -0.3 is 10.1 Å². The Balaban J connectivity index is 2.41. The maximum absolute atomic E-state index is 14.1. The molecular weight excluding hydrogens is 431 g/mol. The molecule has 0 bridgehead atoms. The van der Waals surface area contributed by atoms with Crippen molar-refractivity contribution < 1.29 is 13.9 Å². The fourth-order valence-electron chi connectivity index (χ4n) is 1.92. The Labute approximate surface area is 162 Å². The molecule has 8 nitrogen and oxygen atoms in total. The Kier molecular flexibility index (Phi) is 5.80. The summed E-state index contributed by atoms with van der Waals surface area (Å²) in [5.41, 5.74) is 10.2. The molecule has 1 atom stereocenters. The standard InChI is InChI=1S/C15H15BrClFN6O2/c1-14(2,3)26-13(25)12-11(7-15(17,22-21-12)23-24-19)20-10-5-4-8(16)6-9(10)18/h4-7,20,22H,1-3H3. The van der Waals surface area contributed by atoms with Crippen LogP contribution >= 0.6 is 27.5 Å². The van der Waals surface area contributed by atoms with E-state index in [-0.39, 0.29) is 17.1 Å². The molecular formula is C15H15BrClFN6O2. The van der Waals surface area contributed by atoms with Gasteiger partial charge in [-0.05, 0) is 55.7 Å². The van der Waals surface area contributed by atoms with Crippen molar-refractivity contribution in [1.29, 1.82) is 0 Å². The number of hydrazone groups is 1. The van der Waals surface area contributed by atoms with Crippen molar-refractivity contribution in [3.05, 3.63) is 50.7 Å². The summed E-state index contributed by atoms with van der Waals surface area (Å²) < 4.78 is 20.0. The second kappa shape index (κ2) is 7.53. The lowest BCUT2D eigenvalue weighted by atomic mass is 10.1. The van der Waals surface area contributed by atoms with Crippen molar-refractivity contribution in [2.45, 2.75) is 31.5 Å². The second-order valence-corrected chi connectivity index (χ2v) is 7.74. The summed E-state index contributed by atoms with van der Waals surface area (Å²) in [6, 6.07) is 4.31. The summed E-state index contributed by atoms with van der Waals surface area (Å²) in [7, 11) is 0. The number of alkyl halides is 1. The summed E-state index contributed by atoms with van der Waals surface area (Å²) in [5.74, 6) is -1.34. The van der Waals surface area contributed by atoms with Crippen LogP contribution in [0.15, 0.2) is 44.7 Å². The molecule has 0 aliphatic carbocycles. The Morgan fingerprint density at radius 1 is 1.54 bits per heavy atom. The smallest absolute Gasteiger partial charge is 0.361 e. The molecule has 0 fully saturated rings. The van der Waals surface area contributed by atoms with Crippen LogP contribution in [0.5, 0.6) is 0 Å². The van der Waals surface area contributed by atoms with E-state index in [1.807, 2.05) is 0 Å². The zero-order chi connectivity index (χ0) is 19.5. The summed E-state index contributed by atoms with van der Waals surface area (Å²) in [6.07, 6.45) is 1.21. The Morgan fingerprint density at radius 3 is 2.81 bits per heavy atom. The number of hydrogen-bond donors (Lipinski definition) is 2. The fourth-order valence-corrected chi connectivity index (χ4v) is 2.43. The van der Waals surface area contributed by atoms with Crippen LogP contribution in [0.25, 0.3) is 10.4 Å². The predicted octanol–water partition coefficient (Wildman–Crippen LogP) is 4.39. The number of nitrogens with zero attached hydrogens (tertiary/aromatic N) is 4. The molecule has 1 aliphatic heterocycles. The second-order valence-electron chi connectivity index (χ2n) is 6.24. The van der Waals surface area contributed by atoms with Crippen LogP contribution in [-0.2, 0) is 9.53 Å². The van der Waals surface area contributed by atoms with E-state index in [0.29, 0.717) is 4.47 Å². The van der Waals surface area contributed by atoms with Crippen molar-refractivity contribution in [2.24, 2.45) is 10.2 Å². The largest absolute Gasteiger partial charge is 0.455 e. The molecule has 0 radical (unpaired) electrons. The molecule has 2 rings (SSSR count). The third-order valence-corrected chi connectivity index (χ3v) is 3.66. The monoisotopic (exact) mass is 444 g/mol. The van der Waals surface area contributed by atoms with Gasteiger partial charge >= 0.3 is 5.97 Å². The fraction of sp³-hybridized carbons (Fsp3) is 0.333. The van der Waals surface area contributed by atoms with Gasteiger partial charge in [-0.15, -0.1) is 0 Å². The van der Waals surface area contributed by atoms with E-state index in [9.17, 15) is 9.18 Å². The molecule has 0 amide bonds. The minimum absolute atomic E-state index is 0.0293. The highest BCUT2D eigenvalue weighted by atomic mass is 79.9. The first-order valence-corrected chi connectivity index (χ1v) is 8.49. The van der Waals surface area contributed by atoms with E-state index in [1.165, 1.54) is 18.2 Å². The first kappa shape index (κ1) is 20.0. The maximum atomic E-state index is 14.1. The number of anilines is 1. The Hall–Kier alpha value is -2.29. The molecule has 1 heterocycles. The third kappa shape index (κ3) is 5.10. The van der Waals surface area contributed by atoms with Gasteiger partial charge in [-0.25, -0.2) is 9.18 Å². The number of halogens is 3. The summed E-state index contributed by atoms with van der Waals surface area (Å²) >= 11 is 9.26. The lowest BCUT2D eigenvalue weighted by Gasteiger charge is -2.27. The van der Waals surface area contributed by atoms with Gasteiger partial charge in [0.05, 0.1) is 11.4 Å². The van der Waals surface area contributed by atoms with E-state index in [1.54, 1.807) is 26.8 Å². The molecule has 11 heteroatoms. The van der Waals surface area contributed by atoms with Crippen molar-refractivity contribution in [3.63, 3.8) is 0 Å². The highest BCUT2D eigenvalue weighted by Gasteiger charge is 2.34. The van der Waals surface area contributed by atoms with E-state index in [0.717, 1.165) is 0 Å². The Morgan fingerprint density at radius 2 is 2.23 bits per heavy atom. The van der Waals surface area contributed by atoms with E-state index in [2.05, 4.69) is 41.8 Å². The van der Waals surface area contributed by atoms with Gasteiger partial charge in [0.2, 0.25) is 5.12 Å². The first-order valence-electron chi connectivity index (χ1n) is 7.32. The van der Waals surface area contributed by atoms with Crippen LogP contribution < -0.4 is 10.7 Å². The average Bonchev–Trinajstić information content (AvgIpc) is 2.48. The number of nitrogens with one attached hydrogen (secondary N) is 2. The van der Waals surface area contributed by atoms with Gasteiger partial charge in [0.15, 0.2) is 5.71 Å². The first-order chi connectivity index (χ1) is 12.0. The van der Waals surface area contributed by atoms with Crippen molar-refractivity contribution in [3.8, 4) is 0 Å². The van der Waals surface area contributed by atoms with E-state index >= 15 is 0 Å². The zero-order valence-corrected chi connectivity index (χ0v) is 16.4. The van der Waals surface area contributed by atoms with Crippen LogP contribution in [0, 0.1) is 5.82 Å². The van der Waals surface area contributed by atoms with Crippen molar-refractivity contribution in [2.75, 3.05) is 5.32 Å². The topological polar surface area (TPSA) is 111 Å². The number of carbonyl (C=O) groups is 1. The van der Waals surface area contributed by atoms with Crippen LogP contribution in [0.2, 0.25) is 0 Å². The molecule has 0 spiro atoms. The number of azide groups is 1. The third-order valence-electron chi connectivity index (χ3n) is 2.90. The SMILES string of the molecule is CC(C)(C)OC(=O)C1=NNC(Cl)(N=[N+]=[N-])C=C1Nc1ccc(Br)cc1F. The molecule has 138 valence electrons. The molecule has 1 aromatic rings. The molecule has 0 saturated heterocycles. The minimum atomic E-state index is -1.76. The number of rotatable bonds is 4. The maximum Gasteiger partial charge on any atom is 0.361 e. The summed E-state index contributed by atoms with van der Waals surface area (Å²) in [6.45, 7) is 5.08. The predicted molar refractivity (Wildman–Crippen MR) is 100.0 cm³/mol. The lowest BCUT2D eigenvalue weighted by Crippen LogP contribution is -2.42. The van der Waals surface area contributed by atoms with Crippen molar-refractivity contribution in [1.82, 2.24) is 5.43 Å². The van der Waals surface area contributed by atoms with Crippen molar-refractivity contribution >= 4 is 44.9 Å². The molecule has 1 aliphatic rings. The van der Waals surface area contributed by atoms with Crippen LogP contribution in [0.1, 0.15) is 20.8 Å². The van der Waals surface area contributed by atoms with Crippen LogP contribution in [0.3, 0.4) is 0 Å². The molecule has 1 unspecified atom stereocenters. The van der Waals surface area contributed by atoms with E-state index in [4.69, 9.17) is 21.9 Å². The number of benzene rings is 1. The van der Waals surface area contributed by atoms with Gasteiger partial charge in [-0.1, -0.05) is 27.5 Å². The zero-order valence-electron chi connectivity index (χ0n) is 14.0. The molecule has 0 saturated carbocycles. The van der Waals surface area contributed by atoms with Gasteiger partial charge in [-0.3, -0.25) is 5.43 Å². The average molecular weight is 446 g/mol. The van der Waals surface area contributed by atoms with Gasteiger partial charge in [0, 0.05) is 9.38 Å². The van der Waals surface area contributed by atoms with Gasteiger partial charge in [0.25, 0.3) is 0 Å². The van der Waals surface area contributed by atoms with E-state index < -0.39 is 22.5 Å². The van der Waals surface area contributed by atoms with Crippen LogP contribution in [-0.4, -0.2) is 22.4 Å². The highest BCUT2D eigenvalue weighted by molar-refractivity contribution is 9.10. The summed E-state index contributed by atoms with van der Waals surface area (Å²) in [5, 5.41) is 8.19. The quantitative estimate of drug-likeness (QED) is 0.179. The molecule has 2 N–H and O–H groups in total. The number of carbonyl (C=O) groups excluding carboxylic acids is 1. The van der Waals surface area contributed by atoms with Gasteiger partial charge in [0.1, 0.15) is 11.4 Å². The highest BCUT2D eigenvalue weighted by Crippen LogP contribution is 2.26. The molecule has 1 aromatic carbocycles. The Bertz CT molecular complexity index is 847. The number of hydrogen-bond acceptors (Lipinski definition) is 6. The number of ether oxygens (including phenoxy) is 1. The number of esters is 1. The van der Waals surface area contributed by atoms with Crippen LogP contribution in [0.4, 0.5) is 10.1 Å². The minimum Gasteiger partial charge on any atom is -0.455 e. The lowest BCUT2D eigenvalue weighted by molar-refractivity contribution is -0.146. The van der Waals surface area contributed by atoms with Gasteiger partial charge in [-0.2, -0.15) is 5.10 Å². The molecule has 0 aromatic heterocycles. The molecule has 26 heavy (non-hydrogen) atoms. The summed E-state index contributed by atoms with van der Waals surface area (Å²) in [4.78, 5) is 15.0.